The van der Waals surface area contributed by atoms with Crippen LogP contribution in [0.3, 0.4) is 0 Å². The number of halogens is 1. The predicted octanol–water partition coefficient (Wildman–Crippen LogP) is 6.43. The molecule has 0 unspecified atom stereocenters. The largest absolute Gasteiger partial charge is 0.423 e. The van der Waals surface area contributed by atoms with Crippen molar-refractivity contribution in [2.45, 2.75) is 0 Å². The number of ether oxygens (including phenoxy) is 2. The molecule has 3 aromatic carbocycles. The molecule has 5 rings (SSSR count). The van der Waals surface area contributed by atoms with Crippen LogP contribution in [0.25, 0.3) is 22.2 Å². The molecule has 0 saturated carbocycles. The SMILES string of the molecule is O=C(/C=C/c1ccccc1)Oc1ccccc1/C=C1/N=C(c2sc3cc([N+](=O)[O-])ccc3c2Cl)OC1=O. The van der Waals surface area contributed by atoms with Crippen molar-refractivity contribution in [1.82, 2.24) is 0 Å². The maximum absolute atomic E-state index is 12.6. The number of non-ortho nitro benzene ring substituents is 1. The van der Waals surface area contributed by atoms with Crippen molar-refractivity contribution in [3.05, 3.63) is 116 Å². The number of nitro benzene ring substituents is 1. The van der Waals surface area contributed by atoms with Crippen LogP contribution in [-0.4, -0.2) is 22.8 Å². The van der Waals surface area contributed by atoms with E-state index in [2.05, 4.69) is 4.99 Å². The van der Waals surface area contributed by atoms with E-state index < -0.39 is 16.9 Å². The molecule has 37 heavy (non-hydrogen) atoms. The quantitative estimate of drug-likeness (QED) is 0.0934. The highest BCUT2D eigenvalue weighted by atomic mass is 35.5. The fourth-order valence-electron chi connectivity index (χ4n) is 3.52. The average Bonchev–Trinajstić information content (AvgIpc) is 3.43. The molecule has 0 aliphatic carbocycles. The van der Waals surface area contributed by atoms with E-state index >= 15 is 0 Å². The first-order valence-corrected chi connectivity index (χ1v) is 12.0. The van der Waals surface area contributed by atoms with Gasteiger partial charge in [-0.15, -0.1) is 11.3 Å². The Morgan fingerprint density at radius 3 is 2.62 bits per heavy atom. The molecule has 8 nitrogen and oxygen atoms in total. The number of cyclic esters (lactones) is 1. The Labute approximate surface area is 218 Å². The third-order valence-electron chi connectivity index (χ3n) is 5.27. The van der Waals surface area contributed by atoms with Crippen molar-refractivity contribution in [3.63, 3.8) is 0 Å². The van der Waals surface area contributed by atoms with E-state index in [9.17, 15) is 19.7 Å². The fourth-order valence-corrected chi connectivity index (χ4v) is 4.99. The van der Waals surface area contributed by atoms with Crippen molar-refractivity contribution in [3.8, 4) is 5.75 Å². The molecule has 1 aliphatic heterocycles. The number of rotatable bonds is 6. The molecule has 1 aromatic heterocycles. The molecule has 10 heteroatoms. The van der Waals surface area contributed by atoms with Gasteiger partial charge in [0, 0.05) is 33.9 Å². The minimum absolute atomic E-state index is 0.00891. The Morgan fingerprint density at radius 2 is 1.84 bits per heavy atom. The number of hydrogen-bond donors (Lipinski definition) is 0. The molecule has 182 valence electrons. The summed E-state index contributed by atoms with van der Waals surface area (Å²) in [4.78, 5) is 40.2. The lowest BCUT2D eigenvalue weighted by Gasteiger charge is -2.05. The molecule has 0 atom stereocenters. The molecule has 0 radical (unpaired) electrons. The highest BCUT2D eigenvalue weighted by molar-refractivity contribution is 7.21. The summed E-state index contributed by atoms with van der Waals surface area (Å²) in [6.45, 7) is 0. The molecule has 0 N–H and O–H groups in total. The maximum atomic E-state index is 12.6. The van der Waals surface area contributed by atoms with Crippen LogP contribution in [-0.2, 0) is 14.3 Å². The van der Waals surface area contributed by atoms with Crippen molar-refractivity contribution >= 4 is 68.7 Å². The summed E-state index contributed by atoms with van der Waals surface area (Å²) in [5, 5.41) is 12.0. The Hall–Kier alpha value is -4.60. The number of esters is 2. The molecular weight excluding hydrogens is 516 g/mol. The topological polar surface area (TPSA) is 108 Å². The number of fused-ring (bicyclic) bond motifs is 1. The minimum Gasteiger partial charge on any atom is -0.423 e. The number of nitrogens with zero attached hydrogens (tertiary/aromatic N) is 2. The second-order valence-electron chi connectivity index (χ2n) is 7.72. The Morgan fingerprint density at radius 1 is 1.08 bits per heavy atom. The van der Waals surface area contributed by atoms with Crippen LogP contribution in [0.5, 0.6) is 5.75 Å². The van der Waals surface area contributed by atoms with Gasteiger partial charge >= 0.3 is 11.9 Å². The molecule has 2 heterocycles. The van der Waals surface area contributed by atoms with Gasteiger partial charge in [-0.25, -0.2) is 14.6 Å². The van der Waals surface area contributed by atoms with Crippen LogP contribution >= 0.6 is 22.9 Å². The lowest BCUT2D eigenvalue weighted by molar-refractivity contribution is -0.384. The van der Waals surface area contributed by atoms with E-state index in [1.54, 1.807) is 36.4 Å². The first kappa shape index (κ1) is 24.1. The number of benzene rings is 3. The summed E-state index contributed by atoms with van der Waals surface area (Å²) in [7, 11) is 0. The van der Waals surface area contributed by atoms with E-state index in [0.29, 0.717) is 20.5 Å². The van der Waals surface area contributed by atoms with Gasteiger partial charge in [-0.1, -0.05) is 60.1 Å². The number of para-hydroxylation sites is 1. The second kappa shape index (κ2) is 10.2. The van der Waals surface area contributed by atoms with Gasteiger partial charge in [0.05, 0.1) is 9.95 Å². The smallest absolute Gasteiger partial charge is 0.363 e. The van der Waals surface area contributed by atoms with E-state index in [1.807, 2.05) is 30.3 Å². The lowest BCUT2D eigenvalue weighted by atomic mass is 10.1. The summed E-state index contributed by atoms with van der Waals surface area (Å²) in [5.74, 6) is -1.06. The summed E-state index contributed by atoms with van der Waals surface area (Å²) in [6, 6.07) is 20.3. The number of nitro groups is 1. The van der Waals surface area contributed by atoms with Crippen LogP contribution in [0.4, 0.5) is 5.69 Å². The third kappa shape index (κ3) is 5.18. The summed E-state index contributed by atoms with van der Waals surface area (Å²) >= 11 is 7.60. The number of carbonyl (C=O) groups is 2. The van der Waals surface area contributed by atoms with Crippen molar-refractivity contribution in [2.24, 2.45) is 4.99 Å². The van der Waals surface area contributed by atoms with Crippen LogP contribution in [0.1, 0.15) is 16.0 Å². The van der Waals surface area contributed by atoms with E-state index in [0.717, 1.165) is 16.9 Å². The fraction of sp³-hybridized carbons (Fsp3) is 0. The molecule has 0 amide bonds. The maximum Gasteiger partial charge on any atom is 0.363 e. The minimum atomic E-state index is -0.709. The number of carbonyl (C=O) groups excluding carboxylic acids is 2. The molecular formula is C27H15ClN2O6S. The molecule has 4 aromatic rings. The van der Waals surface area contributed by atoms with Crippen LogP contribution in [0.2, 0.25) is 5.02 Å². The summed E-state index contributed by atoms with van der Waals surface area (Å²) in [5.41, 5.74) is 1.20. The molecule has 0 spiro atoms. The Bertz CT molecular complexity index is 1660. The van der Waals surface area contributed by atoms with Gasteiger partial charge in [-0.3, -0.25) is 10.1 Å². The average molecular weight is 531 g/mol. The molecule has 0 fully saturated rings. The highest BCUT2D eigenvalue weighted by Crippen LogP contribution is 2.39. The number of aliphatic imine (C=N–C) groups is 1. The number of hydrogen-bond acceptors (Lipinski definition) is 8. The Kier molecular flexibility index (Phi) is 6.63. The van der Waals surface area contributed by atoms with Crippen LogP contribution in [0, 0.1) is 10.1 Å². The van der Waals surface area contributed by atoms with E-state index in [4.69, 9.17) is 21.1 Å². The zero-order valence-corrected chi connectivity index (χ0v) is 20.4. The van der Waals surface area contributed by atoms with Gasteiger partial charge < -0.3 is 9.47 Å². The van der Waals surface area contributed by atoms with Gasteiger partial charge in [0.15, 0.2) is 5.70 Å². The lowest BCUT2D eigenvalue weighted by Crippen LogP contribution is -2.05. The van der Waals surface area contributed by atoms with Crippen LogP contribution in [0.15, 0.2) is 89.6 Å². The van der Waals surface area contributed by atoms with Crippen molar-refractivity contribution in [2.75, 3.05) is 0 Å². The van der Waals surface area contributed by atoms with Gasteiger partial charge in [0.25, 0.3) is 5.69 Å². The summed E-state index contributed by atoms with van der Waals surface area (Å²) < 4.78 is 11.4. The summed E-state index contributed by atoms with van der Waals surface area (Å²) in [6.07, 6.45) is 4.40. The Balaban J connectivity index is 1.41. The molecule has 0 bridgehead atoms. The standard InChI is InChI=1S/C27H15ClN2O6S/c28-24-19-12-11-18(30(33)34)15-22(19)37-25(24)26-29-20(27(32)36-26)14-17-8-4-5-9-21(17)35-23(31)13-10-16-6-2-1-3-7-16/h1-15H/b13-10+,20-14+. The van der Waals surface area contributed by atoms with Gasteiger partial charge in [-0.2, -0.15) is 0 Å². The van der Waals surface area contributed by atoms with Gasteiger partial charge in [0.1, 0.15) is 10.6 Å². The van der Waals surface area contributed by atoms with Crippen molar-refractivity contribution in [1.29, 1.82) is 0 Å². The molecule has 0 saturated heterocycles. The first-order chi connectivity index (χ1) is 17.9. The molecule has 1 aliphatic rings. The van der Waals surface area contributed by atoms with E-state index in [1.165, 1.54) is 24.3 Å². The van der Waals surface area contributed by atoms with Crippen LogP contribution < -0.4 is 4.74 Å². The van der Waals surface area contributed by atoms with Gasteiger partial charge in [-0.05, 0) is 29.8 Å². The second-order valence-corrected chi connectivity index (χ2v) is 9.15. The predicted molar refractivity (Wildman–Crippen MR) is 142 cm³/mol. The van der Waals surface area contributed by atoms with Gasteiger partial charge in [0.2, 0.25) is 5.90 Å². The monoisotopic (exact) mass is 530 g/mol. The van der Waals surface area contributed by atoms with E-state index in [-0.39, 0.29) is 28.1 Å². The zero-order chi connectivity index (χ0) is 25.9. The normalized spacial score (nSPS) is 14.2. The first-order valence-electron chi connectivity index (χ1n) is 10.8. The highest BCUT2D eigenvalue weighted by Gasteiger charge is 2.28. The van der Waals surface area contributed by atoms with Crippen molar-refractivity contribution < 1.29 is 24.0 Å². The zero-order valence-electron chi connectivity index (χ0n) is 18.8. The third-order valence-corrected chi connectivity index (χ3v) is 6.92. The number of thiophene rings is 1.